The first-order valence-corrected chi connectivity index (χ1v) is 7.12. The van der Waals surface area contributed by atoms with Crippen molar-refractivity contribution in [2.45, 2.75) is 6.92 Å². The summed E-state index contributed by atoms with van der Waals surface area (Å²) in [5, 5.41) is 1.69. The highest BCUT2D eigenvalue weighted by molar-refractivity contribution is 7.22. The molecular formula is C15H14N2O3S. The molecule has 0 saturated carbocycles. The summed E-state index contributed by atoms with van der Waals surface area (Å²) in [4.78, 5) is 16.6. The van der Waals surface area contributed by atoms with Gasteiger partial charge in [-0.3, -0.25) is 9.78 Å². The maximum Gasteiger partial charge on any atom is 0.171 e. The third-order valence-electron chi connectivity index (χ3n) is 3.38. The lowest BCUT2D eigenvalue weighted by Gasteiger charge is -2.09. The Balaban J connectivity index is 2.42. The van der Waals surface area contributed by atoms with Crippen molar-refractivity contribution in [3.63, 3.8) is 0 Å². The van der Waals surface area contributed by atoms with E-state index in [1.165, 1.54) is 18.3 Å². The van der Waals surface area contributed by atoms with Crippen molar-refractivity contribution < 1.29 is 14.3 Å². The molecule has 0 spiro atoms. The number of nitrogens with zero attached hydrogens (tertiary/aromatic N) is 1. The zero-order valence-electron chi connectivity index (χ0n) is 11.9. The Morgan fingerprint density at radius 2 is 1.86 bits per heavy atom. The number of carbonyl (C=O) groups excluding carboxylic acids is 1. The number of ether oxygens (including phenoxy) is 2. The summed E-state index contributed by atoms with van der Waals surface area (Å²) in [6, 6.07) is 3.68. The number of thiophene rings is 1. The summed E-state index contributed by atoms with van der Waals surface area (Å²) in [7, 11) is 3.17. The molecule has 21 heavy (non-hydrogen) atoms. The van der Waals surface area contributed by atoms with Gasteiger partial charge in [-0.15, -0.1) is 11.3 Å². The van der Waals surface area contributed by atoms with E-state index in [1.54, 1.807) is 20.4 Å². The Kier molecular flexibility index (Phi) is 3.17. The average Bonchev–Trinajstić information content (AvgIpc) is 2.83. The maximum atomic E-state index is 11.7. The fourth-order valence-electron chi connectivity index (χ4n) is 2.34. The monoisotopic (exact) mass is 302 g/mol. The third kappa shape index (κ3) is 1.99. The number of carbonyl (C=O) groups is 1. The van der Waals surface area contributed by atoms with Gasteiger partial charge in [0.2, 0.25) is 0 Å². The third-order valence-corrected chi connectivity index (χ3v) is 4.74. The lowest BCUT2D eigenvalue weighted by molar-refractivity contribution is 0.102. The number of rotatable bonds is 3. The highest BCUT2D eigenvalue weighted by Gasteiger charge is 2.17. The number of nitrogen functional groups attached to an aromatic ring is 1. The van der Waals surface area contributed by atoms with Crippen molar-refractivity contribution in [2.75, 3.05) is 20.0 Å². The molecule has 2 heterocycles. The molecule has 0 aliphatic carbocycles. The SMILES string of the molecule is COc1cc2ncc3c(N)c(C(C)=O)sc3c2cc1OC. The predicted octanol–water partition coefficient (Wildman–Crippen LogP) is 3.25. The lowest BCUT2D eigenvalue weighted by atomic mass is 10.1. The molecule has 108 valence electrons. The van der Waals surface area contributed by atoms with Crippen LogP contribution >= 0.6 is 11.3 Å². The number of hydrogen-bond acceptors (Lipinski definition) is 6. The quantitative estimate of drug-likeness (QED) is 0.752. The van der Waals surface area contributed by atoms with Crippen LogP contribution in [-0.2, 0) is 0 Å². The number of pyridine rings is 1. The maximum absolute atomic E-state index is 11.7. The van der Waals surface area contributed by atoms with E-state index in [-0.39, 0.29) is 5.78 Å². The minimum absolute atomic E-state index is 0.0395. The van der Waals surface area contributed by atoms with Crippen LogP contribution in [0.5, 0.6) is 11.5 Å². The van der Waals surface area contributed by atoms with Crippen LogP contribution in [0.2, 0.25) is 0 Å². The van der Waals surface area contributed by atoms with Crippen LogP contribution < -0.4 is 15.2 Å². The molecule has 0 atom stereocenters. The van der Waals surface area contributed by atoms with Crippen LogP contribution in [0.25, 0.3) is 21.0 Å². The smallest absolute Gasteiger partial charge is 0.171 e. The number of aromatic nitrogens is 1. The van der Waals surface area contributed by atoms with E-state index in [1.807, 2.05) is 12.1 Å². The van der Waals surface area contributed by atoms with E-state index in [4.69, 9.17) is 15.2 Å². The molecule has 1 aromatic carbocycles. The average molecular weight is 302 g/mol. The number of nitrogens with two attached hydrogens (primary N) is 1. The Labute approximate surface area is 125 Å². The van der Waals surface area contributed by atoms with Crippen LogP contribution in [0.4, 0.5) is 5.69 Å². The highest BCUT2D eigenvalue weighted by atomic mass is 32.1. The van der Waals surface area contributed by atoms with Gasteiger partial charge in [0.25, 0.3) is 0 Å². The van der Waals surface area contributed by atoms with Crippen molar-refractivity contribution in [1.82, 2.24) is 4.98 Å². The number of ketones is 1. The Morgan fingerprint density at radius 1 is 1.19 bits per heavy atom. The van der Waals surface area contributed by atoms with Crippen molar-refractivity contribution in [3.05, 3.63) is 23.2 Å². The molecule has 2 N–H and O–H groups in total. The van der Waals surface area contributed by atoms with Gasteiger partial charge in [-0.05, 0) is 6.07 Å². The summed E-state index contributed by atoms with van der Waals surface area (Å²) in [6.07, 6.45) is 1.70. The first-order chi connectivity index (χ1) is 10.1. The van der Waals surface area contributed by atoms with Gasteiger partial charge in [-0.2, -0.15) is 0 Å². The molecule has 0 unspecified atom stereocenters. The van der Waals surface area contributed by atoms with Gasteiger partial charge >= 0.3 is 0 Å². The molecule has 0 amide bonds. The minimum atomic E-state index is -0.0395. The Bertz CT molecular complexity index is 870. The van der Waals surface area contributed by atoms with Crippen LogP contribution in [0.1, 0.15) is 16.6 Å². The van der Waals surface area contributed by atoms with E-state index in [0.29, 0.717) is 22.1 Å². The summed E-state index contributed by atoms with van der Waals surface area (Å²) in [5.74, 6) is 1.20. The fraction of sp³-hybridized carbons (Fsp3) is 0.200. The molecule has 0 radical (unpaired) electrons. The van der Waals surface area contributed by atoms with Gasteiger partial charge in [0.1, 0.15) is 0 Å². The molecule has 6 heteroatoms. The van der Waals surface area contributed by atoms with Gasteiger partial charge in [-0.25, -0.2) is 0 Å². The minimum Gasteiger partial charge on any atom is -0.493 e. The van der Waals surface area contributed by atoms with Crippen LogP contribution in [-0.4, -0.2) is 25.0 Å². The van der Waals surface area contributed by atoms with E-state index in [0.717, 1.165) is 21.0 Å². The number of benzene rings is 1. The molecule has 5 nitrogen and oxygen atoms in total. The van der Waals surface area contributed by atoms with Crippen LogP contribution in [0, 0.1) is 0 Å². The second kappa shape index (κ2) is 4.89. The number of anilines is 1. The first-order valence-electron chi connectivity index (χ1n) is 6.30. The van der Waals surface area contributed by atoms with Gasteiger partial charge in [0.15, 0.2) is 17.3 Å². The molecule has 3 rings (SSSR count). The van der Waals surface area contributed by atoms with Crippen molar-refractivity contribution in [1.29, 1.82) is 0 Å². The summed E-state index contributed by atoms with van der Waals surface area (Å²) in [6.45, 7) is 1.51. The Hall–Kier alpha value is -2.34. The van der Waals surface area contributed by atoms with Crippen LogP contribution in [0.15, 0.2) is 18.3 Å². The molecule has 2 aromatic heterocycles. The molecule has 0 aliphatic rings. The molecular weight excluding hydrogens is 288 g/mol. The number of fused-ring (bicyclic) bond motifs is 3. The predicted molar refractivity (Wildman–Crippen MR) is 84.6 cm³/mol. The van der Waals surface area contributed by atoms with E-state index >= 15 is 0 Å². The standard InChI is InChI=1S/C15H14N2O3S/c1-7(18)14-13(16)9-6-17-10-5-12(20-3)11(19-2)4-8(10)15(9)21-14/h4-6H,16H2,1-3H3. The topological polar surface area (TPSA) is 74.4 Å². The lowest BCUT2D eigenvalue weighted by Crippen LogP contribution is -1.94. The molecule has 0 aliphatic heterocycles. The molecule has 3 aromatic rings. The molecule has 0 saturated heterocycles. The highest BCUT2D eigenvalue weighted by Crippen LogP contribution is 2.40. The zero-order chi connectivity index (χ0) is 15.1. The number of methoxy groups -OCH3 is 2. The van der Waals surface area contributed by atoms with Crippen LogP contribution in [0.3, 0.4) is 0 Å². The fourth-order valence-corrected chi connectivity index (χ4v) is 3.45. The van der Waals surface area contributed by atoms with Gasteiger partial charge < -0.3 is 15.2 Å². The normalized spacial score (nSPS) is 11.0. The second-order valence-electron chi connectivity index (χ2n) is 4.63. The summed E-state index contributed by atoms with van der Waals surface area (Å²) < 4.78 is 11.5. The van der Waals surface area contributed by atoms with Gasteiger partial charge in [0, 0.05) is 34.7 Å². The second-order valence-corrected chi connectivity index (χ2v) is 5.65. The zero-order valence-corrected chi connectivity index (χ0v) is 12.7. The largest absolute Gasteiger partial charge is 0.493 e. The summed E-state index contributed by atoms with van der Waals surface area (Å²) >= 11 is 1.38. The number of Topliss-reactive ketones (excluding diaryl/α,β-unsaturated/α-hetero) is 1. The Morgan fingerprint density at radius 3 is 2.48 bits per heavy atom. The van der Waals surface area contributed by atoms with Crippen molar-refractivity contribution in [2.24, 2.45) is 0 Å². The van der Waals surface area contributed by atoms with E-state index in [2.05, 4.69) is 4.98 Å². The van der Waals surface area contributed by atoms with Gasteiger partial charge in [-0.1, -0.05) is 0 Å². The molecule has 0 bridgehead atoms. The number of hydrogen-bond donors (Lipinski definition) is 1. The van der Waals surface area contributed by atoms with E-state index in [9.17, 15) is 4.79 Å². The van der Waals surface area contributed by atoms with Gasteiger partial charge in [0.05, 0.1) is 30.3 Å². The first kappa shape index (κ1) is 13.6. The van der Waals surface area contributed by atoms with Crippen molar-refractivity contribution >= 4 is 43.8 Å². The van der Waals surface area contributed by atoms with Crippen molar-refractivity contribution in [3.8, 4) is 11.5 Å². The molecule has 0 fully saturated rings. The van der Waals surface area contributed by atoms with E-state index < -0.39 is 0 Å². The summed E-state index contributed by atoms with van der Waals surface area (Å²) in [5.41, 5.74) is 7.32.